The minimum atomic E-state index is -1.05. The number of benzene rings is 1. The van der Waals surface area contributed by atoms with Crippen LogP contribution in [0.5, 0.6) is 0 Å². The lowest BCUT2D eigenvalue weighted by Crippen LogP contribution is -2.35. The van der Waals surface area contributed by atoms with Crippen molar-refractivity contribution < 1.29 is 15.3 Å². The first kappa shape index (κ1) is 27.2. The number of pyridine rings is 2. The number of aliphatic hydroxyl groups excluding tert-OH is 3. The lowest BCUT2D eigenvalue weighted by atomic mass is 10.0. The maximum absolute atomic E-state index is 10.7. The Kier molecular flexibility index (Phi) is 7.59. The Labute approximate surface area is 241 Å². The smallest absolute Gasteiger partial charge is 0.225 e. The van der Waals surface area contributed by atoms with Crippen LogP contribution in [0.3, 0.4) is 0 Å². The number of nitrogens with zero attached hydrogens (tertiary/aromatic N) is 5. The molecule has 0 radical (unpaired) electrons. The quantitative estimate of drug-likeness (QED) is 0.184. The van der Waals surface area contributed by atoms with E-state index in [0.29, 0.717) is 23.9 Å². The molecule has 10 nitrogen and oxygen atoms in total. The van der Waals surface area contributed by atoms with Gasteiger partial charge in [-0.25, -0.2) is 9.97 Å². The summed E-state index contributed by atoms with van der Waals surface area (Å²) in [4.78, 5) is 22.8. The monoisotopic (exact) mass is 569 g/mol. The minimum absolute atomic E-state index is 0.0952. The Bertz CT molecular complexity index is 1610. The van der Waals surface area contributed by atoms with Gasteiger partial charge in [-0.1, -0.05) is 30.3 Å². The van der Waals surface area contributed by atoms with Crippen LogP contribution in [-0.4, -0.2) is 65.1 Å². The number of fused-ring (bicyclic) bond motifs is 1. The average Bonchev–Trinajstić information content (AvgIpc) is 3.53. The molecule has 0 spiro atoms. The Morgan fingerprint density at radius 3 is 2.46 bits per heavy atom. The van der Waals surface area contributed by atoms with E-state index in [9.17, 15) is 15.3 Å². The number of aliphatic hydroxyl groups is 3. The van der Waals surface area contributed by atoms with Crippen LogP contribution in [0.2, 0.25) is 0 Å². The summed E-state index contributed by atoms with van der Waals surface area (Å²) in [5.41, 5.74) is 5.42. The number of nitrogens with one attached hydrogen (secondary N) is 2. The molecule has 0 saturated heterocycles. The van der Waals surface area contributed by atoms with E-state index in [2.05, 4.69) is 44.9 Å². The fraction of sp³-hybridized carbons (Fsp3) is 0.300. The summed E-state index contributed by atoms with van der Waals surface area (Å²) < 4.78 is 0.988. The molecule has 210 valence electrons. The number of aromatic nitrogens is 5. The van der Waals surface area contributed by atoms with Crippen LogP contribution < -0.4 is 10.6 Å². The number of aryl methyl sites for hydroxylation is 1. The number of hydrogen-bond donors (Lipinski definition) is 5. The second kappa shape index (κ2) is 11.5. The molecule has 0 bridgehead atoms. The minimum Gasteiger partial charge on any atom is -0.396 e. The summed E-state index contributed by atoms with van der Waals surface area (Å²) in [6, 6.07) is 13.5. The van der Waals surface area contributed by atoms with Gasteiger partial charge in [-0.15, -0.1) is 11.3 Å². The molecule has 0 aliphatic heterocycles. The van der Waals surface area contributed by atoms with Crippen molar-refractivity contribution in [2.75, 3.05) is 17.2 Å². The Morgan fingerprint density at radius 1 is 0.951 bits per heavy atom. The molecule has 4 heterocycles. The number of thiazole rings is 1. The van der Waals surface area contributed by atoms with Gasteiger partial charge in [0.1, 0.15) is 22.4 Å². The van der Waals surface area contributed by atoms with E-state index >= 15 is 0 Å². The molecule has 1 aliphatic carbocycles. The highest BCUT2D eigenvalue weighted by Crippen LogP contribution is 2.38. The van der Waals surface area contributed by atoms with Crippen molar-refractivity contribution in [3.63, 3.8) is 0 Å². The second-order valence-corrected chi connectivity index (χ2v) is 11.4. The zero-order valence-corrected chi connectivity index (χ0v) is 23.5. The van der Waals surface area contributed by atoms with Gasteiger partial charge in [0.05, 0.1) is 40.3 Å². The molecule has 41 heavy (non-hydrogen) atoms. The van der Waals surface area contributed by atoms with Gasteiger partial charge in [0.15, 0.2) is 0 Å². The molecule has 6 rings (SSSR count). The number of anilines is 2. The fourth-order valence-corrected chi connectivity index (χ4v) is 6.31. The summed E-state index contributed by atoms with van der Waals surface area (Å²) in [6.45, 7) is 3.74. The van der Waals surface area contributed by atoms with Crippen LogP contribution in [0.4, 0.5) is 11.8 Å². The Balaban J connectivity index is 1.32. The molecule has 1 fully saturated rings. The van der Waals surface area contributed by atoms with Gasteiger partial charge in [-0.05, 0) is 49.1 Å². The first-order chi connectivity index (χ1) is 19.9. The van der Waals surface area contributed by atoms with Crippen molar-refractivity contribution in [2.24, 2.45) is 5.92 Å². The third kappa shape index (κ3) is 5.49. The number of rotatable bonds is 8. The van der Waals surface area contributed by atoms with Gasteiger partial charge in [-0.3, -0.25) is 9.97 Å². The maximum atomic E-state index is 10.7. The molecule has 1 unspecified atom stereocenters. The van der Waals surface area contributed by atoms with Crippen LogP contribution in [0.1, 0.15) is 30.6 Å². The molecule has 4 aromatic heterocycles. The van der Waals surface area contributed by atoms with E-state index in [0.717, 1.165) is 37.5 Å². The van der Waals surface area contributed by atoms with Crippen LogP contribution in [-0.2, 0) is 0 Å². The highest BCUT2D eigenvalue weighted by atomic mass is 32.1. The van der Waals surface area contributed by atoms with E-state index in [4.69, 9.17) is 15.0 Å². The van der Waals surface area contributed by atoms with E-state index in [1.165, 1.54) is 11.3 Å². The molecule has 5 atom stereocenters. The van der Waals surface area contributed by atoms with Gasteiger partial charge in [0.25, 0.3) is 0 Å². The van der Waals surface area contributed by atoms with Gasteiger partial charge < -0.3 is 26.0 Å². The van der Waals surface area contributed by atoms with E-state index < -0.39 is 24.2 Å². The van der Waals surface area contributed by atoms with Crippen molar-refractivity contribution in [3.05, 3.63) is 78.5 Å². The fourth-order valence-electron chi connectivity index (χ4n) is 5.28. The van der Waals surface area contributed by atoms with Crippen LogP contribution in [0, 0.1) is 12.8 Å². The van der Waals surface area contributed by atoms with Crippen molar-refractivity contribution >= 4 is 33.3 Å². The summed E-state index contributed by atoms with van der Waals surface area (Å²) in [7, 11) is 0. The summed E-state index contributed by atoms with van der Waals surface area (Å²) >= 11 is 1.51. The highest BCUT2D eigenvalue weighted by Gasteiger charge is 2.41. The summed E-state index contributed by atoms with van der Waals surface area (Å²) in [6.07, 6.45) is 5.37. The lowest BCUT2D eigenvalue weighted by Gasteiger charge is -2.22. The number of hydrogen-bond acceptors (Lipinski definition) is 11. The van der Waals surface area contributed by atoms with Crippen molar-refractivity contribution in [2.45, 2.75) is 44.6 Å². The summed E-state index contributed by atoms with van der Waals surface area (Å²) in [5.74, 6) is 0.503. The van der Waals surface area contributed by atoms with Gasteiger partial charge >= 0.3 is 0 Å². The molecule has 1 aliphatic rings. The first-order valence-corrected chi connectivity index (χ1v) is 14.3. The largest absolute Gasteiger partial charge is 0.396 e. The van der Waals surface area contributed by atoms with Gasteiger partial charge in [0, 0.05) is 31.1 Å². The van der Waals surface area contributed by atoms with E-state index in [-0.39, 0.29) is 12.6 Å². The predicted molar refractivity (Wildman–Crippen MR) is 160 cm³/mol. The van der Waals surface area contributed by atoms with Gasteiger partial charge in [0.2, 0.25) is 5.95 Å². The predicted octanol–water partition coefficient (Wildman–Crippen LogP) is 4.21. The third-order valence-electron chi connectivity index (χ3n) is 7.60. The normalized spacial score (nSPS) is 21.2. The highest BCUT2D eigenvalue weighted by molar-refractivity contribution is 7.21. The van der Waals surface area contributed by atoms with Crippen LogP contribution in [0.25, 0.3) is 31.9 Å². The molecule has 1 saturated carbocycles. The van der Waals surface area contributed by atoms with E-state index in [1.54, 1.807) is 18.6 Å². The maximum Gasteiger partial charge on any atom is 0.225 e. The van der Waals surface area contributed by atoms with Crippen LogP contribution in [0.15, 0.2) is 67.3 Å². The molecule has 11 heteroatoms. The Hall–Kier alpha value is -4.03. The van der Waals surface area contributed by atoms with Crippen molar-refractivity contribution in [3.8, 4) is 21.7 Å². The topological polar surface area (TPSA) is 149 Å². The van der Waals surface area contributed by atoms with Crippen molar-refractivity contribution in [1.82, 2.24) is 24.9 Å². The van der Waals surface area contributed by atoms with Gasteiger partial charge in [-0.2, -0.15) is 4.98 Å². The molecule has 0 amide bonds. The molecular formula is C30H31N7O3S. The standard InChI is InChI=1S/C30H31N7O3S/c1-16(18-5-7-19(8-6-18)20-4-3-10-31-13-20)33-30-34-17(2)25(29-36-23-14-32-11-9-24(23)41-29)28(37-30)35-22-12-21(15-38)26(39)27(22)40/h3-11,13-14,16,21-22,26-27,38-40H,12,15H2,1-2H3,(H2,33,34,35,37)/t16-,21-,22?,26-,27+/m1/s1. The average molecular weight is 570 g/mol. The lowest BCUT2D eigenvalue weighted by molar-refractivity contribution is 0.00446. The molecule has 5 aromatic rings. The molecule has 1 aromatic carbocycles. The molecular weight excluding hydrogens is 538 g/mol. The Morgan fingerprint density at radius 2 is 1.76 bits per heavy atom. The van der Waals surface area contributed by atoms with Crippen LogP contribution >= 0.6 is 11.3 Å². The van der Waals surface area contributed by atoms with Crippen molar-refractivity contribution in [1.29, 1.82) is 0 Å². The zero-order valence-electron chi connectivity index (χ0n) is 22.6. The third-order valence-corrected chi connectivity index (χ3v) is 8.66. The first-order valence-electron chi connectivity index (χ1n) is 13.5. The zero-order chi connectivity index (χ0) is 28.5. The van der Waals surface area contributed by atoms with E-state index in [1.807, 2.05) is 38.2 Å². The second-order valence-electron chi connectivity index (χ2n) is 10.4. The SMILES string of the molecule is Cc1nc(N[C@H](C)c2ccc(-c3cccnc3)cc2)nc(NC2C[C@H](CO)[C@@H](O)[C@H]2O)c1-c1nc2cnccc2s1. The molecule has 5 N–H and O–H groups in total. The summed E-state index contributed by atoms with van der Waals surface area (Å²) in [5, 5.41) is 38.3.